The highest BCUT2D eigenvalue weighted by Gasteiger charge is 2.47. The van der Waals surface area contributed by atoms with Crippen molar-refractivity contribution in [1.82, 2.24) is 10.2 Å². The molecule has 2 aliphatic rings. The molecule has 2 rings (SSSR count). The molecule has 0 aliphatic carbocycles. The van der Waals surface area contributed by atoms with Gasteiger partial charge in [-0.05, 0) is 5.53 Å². The van der Waals surface area contributed by atoms with Crippen LogP contribution in [0.15, 0.2) is 5.11 Å². The van der Waals surface area contributed by atoms with Crippen molar-refractivity contribution in [1.29, 1.82) is 0 Å². The van der Waals surface area contributed by atoms with E-state index in [9.17, 15) is 14.7 Å². The van der Waals surface area contributed by atoms with Crippen molar-refractivity contribution >= 4 is 23.5 Å². The van der Waals surface area contributed by atoms with E-state index in [0.29, 0.717) is 0 Å². The number of aliphatic hydroxyl groups is 2. The minimum Gasteiger partial charge on any atom is -0.394 e. The summed E-state index contributed by atoms with van der Waals surface area (Å²) in [6, 6.07) is -0.833. The largest absolute Gasteiger partial charge is 0.394 e. The van der Waals surface area contributed by atoms with Gasteiger partial charge in [-0.1, -0.05) is 5.11 Å². The van der Waals surface area contributed by atoms with Crippen LogP contribution >= 0.6 is 11.6 Å². The van der Waals surface area contributed by atoms with E-state index in [2.05, 4.69) is 10.0 Å². The second-order valence-corrected chi connectivity index (χ2v) is 4.81. The minimum atomic E-state index is -1.27. The lowest BCUT2D eigenvalue weighted by Gasteiger charge is -2.38. The predicted molar refractivity (Wildman–Crippen MR) is 64.3 cm³/mol. The molecule has 0 spiro atoms. The number of carbonyl (C=O) groups excluding carboxylic acids is 2. The fraction of sp³-hybridized carbons (Fsp3) is 0.778. The molecule has 0 aromatic rings. The van der Waals surface area contributed by atoms with Crippen LogP contribution in [-0.2, 0) is 9.53 Å². The molecule has 10 nitrogen and oxygen atoms in total. The van der Waals surface area contributed by atoms with Crippen molar-refractivity contribution in [2.75, 3.05) is 6.61 Å². The van der Waals surface area contributed by atoms with Crippen molar-refractivity contribution in [3.8, 4) is 0 Å². The van der Waals surface area contributed by atoms with Crippen LogP contribution in [0.4, 0.5) is 4.79 Å². The van der Waals surface area contributed by atoms with Crippen LogP contribution in [0.25, 0.3) is 10.4 Å². The van der Waals surface area contributed by atoms with Crippen molar-refractivity contribution in [3.05, 3.63) is 10.4 Å². The van der Waals surface area contributed by atoms with Gasteiger partial charge in [0, 0.05) is 11.3 Å². The number of hydrogen-bond donors (Lipinski definition) is 3. The smallest absolute Gasteiger partial charge is 0.326 e. The van der Waals surface area contributed by atoms with Crippen LogP contribution in [0.2, 0.25) is 0 Å². The lowest BCUT2D eigenvalue weighted by atomic mass is 10.1. The van der Waals surface area contributed by atoms with Gasteiger partial charge >= 0.3 is 6.03 Å². The van der Waals surface area contributed by atoms with Crippen molar-refractivity contribution in [2.45, 2.75) is 36.4 Å². The number of nitrogens with one attached hydrogen (secondary N) is 1. The lowest BCUT2D eigenvalue weighted by molar-refractivity contribution is -0.126. The van der Waals surface area contributed by atoms with Gasteiger partial charge in [0.1, 0.15) is 23.9 Å². The van der Waals surface area contributed by atoms with Gasteiger partial charge in [0.2, 0.25) is 5.91 Å². The Balaban J connectivity index is 2.25. The molecule has 0 aromatic carbocycles. The van der Waals surface area contributed by atoms with E-state index in [1.54, 1.807) is 0 Å². The highest BCUT2D eigenvalue weighted by molar-refractivity contribution is 6.33. The standard InChI is InChI=1S/C9H12ClN5O5/c10-6-7(13-14-11)15(9(19)12-8(6)18)5-1-3(17)4(2-16)20-5/h3-7,16-17H,1-2H2,(H,12,18,19)/t3-,4+,5+,6?,7?/m0/s1. The first-order chi connectivity index (χ1) is 9.49. The maximum atomic E-state index is 11.9. The van der Waals surface area contributed by atoms with Crippen LogP contribution < -0.4 is 5.32 Å². The van der Waals surface area contributed by atoms with Gasteiger partial charge < -0.3 is 14.9 Å². The Hall–Kier alpha value is -1.58. The quantitative estimate of drug-likeness (QED) is 0.271. The second-order valence-electron chi connectivity index (χ2n) is 4.34. The molecule has 0 radical (unpaired) electrons. The number of azide groups is 1. The molecular formula is C9H12ClN5O5. The number of amides is 3. The number of imide groups is 1. The highest BCUT2D eigenvalue weighted by atomic mass is 35.5. The van der Waals surface area contributed by atoms with Crippen molar-refractivity contribution in [2.24, 2.45) is 5.11 Å². The van der Waals surface area contributed by atoms with Crippen LogP contribution in [0.1, 0.15) is 6.42 Å². The molecule has 3 amide bonds. The molecule has 2 saturated heterocycles. The Morgan fingerprint density at radius 3 is 2.85 bits per heavy atom. The predicted octanol–water partition coefficient (Wildman–Crippen LogP) is -0.750. The Bertz CT molecular complexity index is 470. The Morgan fingerprint density at radius 2 is 2.30 bits per heavy atom. The van der Waals surface area contributed by atoms with Crippen LogP contribution in [0.3, 0.4) is 0 Å². The maximum Gasteiger partial charge on any atom is 0.326 e. The van der Waals surface area contributed by atoms with E-state index in [4.69, 9.17) is 27.0 Å². The number of alkyl halides is 1. The van der Waals surface area contributed by atoms with Crippen molar-refractivity contribution in [3.63, 3.8) is 0 Å². The molecule has 3 N–H and O–H groups in total. The maximum absolute atomic E-state index is 11.9. The summed E-state index contributed by atoms with van der Waals surface area (Å²) >= 11 is 5.82. The normalized spacial score (nSPS) is 37.5. The van der Waals surface area contributed by atoms with E-state index in [1.165, 1.54) is 0 Å². The van der Waals surface area contributed by atoms with Gasteiger partial charge in [-0.15, -0.1) is 11.6 Å². The fourth-order valence-corrected chi connectivity index (χ4v) is 2.38. The first-order valence-electron chi connectivity index (χ1n) is 5.75. The number of halogens is 1. The molecule has 2 heterocycles. The van der Waals surface area contributed by atoms with Gasteiger partial charge in [-0.25, -0.2) is 4.79 Å². The summed E-state index contributed by atoms with van der Waals surface area (Å²) in [4.78, 5) is 26.8. The zero-order chi connectivity index (χ0) is 14.9. The third kappa shape index (κ3) is 2.51. The molecule has 2 fully saturated rings. The van der Waals surface area contributed by atoms with Gasteiger partial charge in [-0.3, -0.25) is 15.0 Å². The van der Waals surface area contributed by atoms with Gasteiger partial charge in [0.05, 0.1) is 12.7 Å². The third-order valence-electron chi connectivity index (χ3n) is 3.13. The summed E-state index contributed by atoms with van der Waals surface area (Å²) in [6.07, 6.45) is -4.04. The number of rotatable bonds is 3. The third-order valence-corrected chi connectivity index (χ3v) is 3.55. The van der Waals surface area contributed by atoms with Gasteiger partial charge in [0.25, 0.3) is 0 Å². The first kappa shape index (κ1) is 14.8. The summed E-state index contributed by atoms with van der Waals surface area (Å²) in [5, 5.41) is 22.7. The average molecular weight is 306 g/mol. The molecule has 5 atom stereocenters. The highest BCUT2D eigenvalue weighted by Crippen LogP contribution is 2.29. The van der Waals surface area contributed by atoms with E-state index >= 15 is 0 Å². The van der Waals surface area contributed by atoms with Gasteiger partial charge in [-0.2, -0.15) is 0 Å². The first-order valence-corrected chi connectivity index (χ1v) is 6.19. The number of aliphatic hydroxyl groups excluding tert-OH is 2. The molecule has 11 heteroatoms. The van der Waals surface area contributed by atoms with Crippen LogP contribution in [0, 0.1) is 0 Å². The number of urea groups is 1. The zero-order valence-corrected chi connectivity index (χ0v) is 10.8. The molecule has 0 saturated carbocycles. The van der Waals surface area contributed by atoms with E-state index in [1.807, 2.05) is 5.32 Å². The number of hydrogen-bond acceptors (Lipinski definition) is 6. The van der Waals surface area contributed by atoms with E-state index < -0.39 is 48.5 Å². The summed E-state index contributed by atoms with van der Waals surface area (Å²) in [5.41, 5.74) is 8.52. The number of carbonyl (C=O) groups is 2. The van der Waals surface area contributed by atoms with Crippen molar-refractivity contribution < 1.29 is 24.5 Å². The molecule has 2 aliphatic heterocycles. The number of ether oxygens (including phenoxy) is 1. The Labute approximate surface area is 117 Å². The molecule has 2 unspecified atom stereocenters. The average Bonchev–Trinajstić information content (AvgIpc) is 2.76. The molecule has 0 aromatic heterocycles. The lowest BCUT2D eigenvalue weighted by Crippen LogP contribution is -2.63. The van der Waals surface area contributed by atoms with Crippen LogP contribution in [-0.4, -0.2) is 63.6 Å². The fourth-order valence-electron chi connectivity index (χ4n) is 2.15. The SMILES string of the molecule is [N-]=[N+]=NC1C(Cl)C(=O)NC(=O)N1[C@H]1C[C@H](O)[C@@H](CO)O1. The minimum absolute atomic E-state index is 0.00783. The summed E-state index contributed by atoms with van der Waals surface area (Å²) < 4.78 is 5.30. The summed E-state index contributed by atoms with van der Waals surface area (Å²) in [6.45, 7) is -0.428. The van der Waals surface area contributed by atoms with E-state index in [-0.39, 0.29) is 6.42 Å². The Morgan fingerprint density at radius 1 is 1.60 bits per heavy atom. The van der Waals surface area contributed by atoms with Crippen LogP contribution in [0.5, 0.6) is 0 Å². The summed E-state index contributed by atoms with van der Waals surface area (Å²) in [7, 11) is 0. The molecule has 110 valence electrons. The monoisotopic (exact) mass is 305 g/mol. The van der Waals surface area contributed by atoms with E-state index in [0.717, 1.165) is 4.90 Å². The van der Waals surface area contributed by atoms with Gasteiger partial charge in [0.15, 0.2) is 0 Å². The number of nitrogens with zero attached hydrogens (tertiary/aromatic N) is 4. The summed E-state index contributed by atoms with van der Waals surface area (Å²) in [5.74, 6) is -0.775. The second kappa shape index (κ2) is 5.81. The zero-order valence-electron chi connectivity index (χ0n) is 10.1. The molecular weight excluding hydrogens is 294 g/mol. The topological polar surface area (TPSA) is 148 Å². The molecule has 20 heavy (non-hydrogen) atoms. The Kier molecular flexibility index (Phi) is 4.31. The molecule has 0 bridgehead atoms.